The van der Waals surface area contributed by atoms with E-state index in [1.54, 1.807) is 14.0 Å². The van der Waals surface area contributed by atoms with Gasteiger partial charge in [0.25, 0.3) is 0 Å². The Hall–Kier alpha value is -1.84. The molecule has 2 atom stereocenters. The molecule has 0 amide bonds. The van der Waals surface area contributed by atoms with Gasteiger partial charge in [0.1, 0.15) is 16.9 Å². The van der Waals surface area contributed by atoms with Gasteiger partial charge in [-0.3, -0.25) is 9.59 Å². The predicted molar refractivity (Wildman–Crippen MR) is 80.7 cm³/mol. The number of anilines is 1. The summed E-state index contributed by atoms with van der Waals surface area (Å²) in [4.78, 5) is 26.9. The van der Waals surface area contributed by atoms with E-state index in [1.807, 2.05) is 24.3 Å². The van der Waals surface area contributed by atoms with E-state index >= 15 is 0 Å². The summed E-state index contributed by atoms with van der Waals surface area (Å²) in [5, 5.41) is 0. The van der Waals surface area contributed by atoms with Gasteiger partial charge < -0.3 is 9.64 Å². The van der Waals surface area contributed by atoms with Crippen molar-refractivity contribution in [2.45, 2.75) is 26.2 Å². The van der Waals surface area contributed by atoms with Crippen molar-refractivity contribution in [1.29, 1.82) is 0 Å². The molecule has 1 aliphatic carbocycles. The number of hydrogen-bond donors (Lipinski definition) is 0. The Morgan fingerprint density at radius 3 is 2.67 bits per heavy atom. The first-order valence-corrected chi connectivity index (χ1v) is 7.51. The molecule has 2 fully saturated rings. The van der Waals surface area contributed by atoms with E-state index in [9.17, 15) is 9.59 Å². The molecule has 1 heterocycles. The first kappa shape index (κ1) is 14.1. The molecule has 1 saturated carbocycles. The summed E-state index contributed by atoms with van der Waals surface area (Å²) in [5.41, 5.74) is 0.280. The molecule has 0 spiro atoms. The standard InChI is InChI=1S/C17H21NO3/c1-12(19)17-9-3-4-13(16(17)20)10-18(11-17)14-5-7-15(21-2)8-6-14/h5-8,13H,3-4,9-11H2,1-2H3/t13-,17+/m0/s1. The summed E-state index contributed by atoms with van der Waals surface area (Å²) in [6.07, 6.45) is 2.58. The maximum atomic E-state index is 12.6. The molecule has 1 aromatic rings. The molecule has 1 saturated heterocycles. The topological polar surface area (TPSA) is 46.6 Å². The van der Waals surface area contributed by atoms with Crippen molar-refractivity contribution in [2.24, 2.45) is 11.3 Å². The van der Waals surface area contributed by atoms with Crippen LogP contribution in [0.3, 0.4) is 0 Å². The molecule has 4 nitrogen and oxygen atoms in total. The molecule has 0 N–H and O–H groups in total. The van der Waals surface area contributed by atoms with E-state index in [0.717, 1.165) is 30.8 Å². The highest BCUT2D eigenvalue weighted by Crippen LogP contribution is 2.43. The quantitative estimate of drug-likeness (QED) is 0.801. The molecular weight excluding hydrogens is 266 g/mol. The number of carbonyl (C=O) groups is 2. The maximum absolute atomic E-state index is 12.6. The van der Waals surface area contributed by atoms with Crippen molar-refractivity contribution in [3.63, 3.8) is 0 Å². The van der Waals surface area contributed by atoms with Gasteiger partial charge in [-0.15, -0.1) is 0 Å². The minimum atomic E-state index is -0.777. The third kappa shape index (κ3) is 2.23. The Balaban J connectivity index is 1.91. The number of ketones is 2. The van der Waals surface area contributed by atoms with E-state index in [0.29, 0.717) is 13.0 Å². The second-order valence-electron chi connectivity index (χ2n) is 6.17. The molecule has 2 bridgehead atoms. The number of Topliss-reactive ketones (excluding diaryl/α,β-unsaturated/α-hetero) is 2. The first-order valence-electron chi connectivity index (χ1n) is 7.51. The molecule has 4 heteroatoms. The van der Waals surface area contributed by atoms with Crippen molar-refractivity contribution in [2.75, 3.05) is 25.1 Å². The lowest BCUT2D eigenvalue weighted by Crippen LogP contribution is -2.59. The van der Waals surface area contributed by atoms with Gasteiger partial charge in [0.05, 0.1) is 7.11 Å². The van der Waals surface area contributed by atoms with E-state index in [2.05, 4.69) is 4.90 Å². The number of methoxy groups -OCH3 is 1. The summed E-state index contributed by atoms with van der Waals surface area (Å²) < 4.78 is 5.18. The minimum absolute atomic E-state index is 0.00139. The van der Waals surface area contributed by atoms with Gasteiger partial charge in [0.2, 0.25) is 0 Å². The van der Waals surface area contributed by atoms with Crippen LogP contribution in [0.1, 0.15) is 26.2 Å². The van der Waals surface area contributed by atoms with Crippen molar-refractivity contribution < 1.29 is 14.3 Å². The fraction of sp³-hybridized carbons (Fsp3) is 0.529. The second-order valence-corrected chi connectivity index (χ2v) is 6.17. The fourth-order valence-corrected chi connectivity index (χ4v) is 3.73. The Bertz CT molecular complexity index is 566. The van der Waals surface area contributed by atoms with Crippen molar-refractivity contribution in [3.8, 4) is 5.75 Å². The Morgan fingerprint density at radius 2 is 2.05 bits per heavy atom. The minimum Gasteiger partial charge on any atom is -0.497 e. The number of nitrogens with zero attached hydrogens (tertiary/aromatic N) is 1. The number of ether oxygens (including phenoxy) is 1. The van der Waals surface area contributed by atoms with Gasteiger partial charge in [0.15, 0.2) is 5.78 Å². The SMILES string of the molecule is COc1ccc(N2C[C@@H]3CCC[C@](C(C)=O)(C2)C3=O)cc1. The molecule has 0 unspecified atom stereocenters. The monoisotopic (exact) mass is 287 g/mol. The molecule has 0 aromatic heterocycles. The number of hydrogen-bond acceptors (Lipinski definition) is 4. The largest absolute Gasteiger partial charge is 0.497 e. The zero-order valence-electron chi connectivity index (χ0n) is 12.6. The van der Waals surface area contributed by atoms with Crippen LogP contribution in [-0.2, 0) is 9.59 Å². The van der Waals surface area contributed by atoms with E-state index in [1.165, 1.54) is 0 Å². The summed E-state index contributed by atoms with van der Waals surface area (Å²) in [6.45, 7) is 2.81. The number of fused-ring (bicyclic) bond motifs is 2. The highest BCUT2D eigenvalue weighted by Gasteiger charge is 2.52. The molecule has 2 aliphatic rings. The van der Waals surface area contributed by atoms with Crippen LogP contribution in [0.4, 0.5) is 5.69 Å². The Kier molecular flexibility index (Phi) is 3.47. The van der Waals surface area contributed by atoms with Crippen LogP contribution >= 0.6 is 0 Å². The van der Waals surface area contributed by atoms with Crippen LogP contribution in [0.15, 0.2) is 24.3 Å². The zero-order chi connectivity index (χ0) is 15.0. The summed E-state index contributed by atoms with van der Waals surface area (Å²) in [7, 11) is 1.64. The van der Waals surface area contributed by atoms with Crippen LogP contribution in [0.2, 0.25) is 0 Å². The average molecular weight is 287 g/mol. The van der Waals surface area contributed by atoms with Crippen LogP contribution in [0.25, 0.3) is 0 Å². The third-order valence-corrected chi connectivity index (χ3v) is 5.01. The van der Waals surface area contributed by atoms with Crippen LogP contribution in [0, 0.1) is 11.3 Å². The van der Waals surface area contributed by atoms with Gasteiger partial charge >= 0.3 is 0 Å². The molecule has 3 rings (SSSR count). The Morgan fingerprint density at radius 1 is 1.33 bits per heavy atom. The van der Waals surface area contributed by atoms with E-state index < -0.39 is 5.41 Å². The highest BCUT2D eigenvalue weighted by molar-refractivity contribution is 6.09. The smallest absolute Gasteiger partial charge is 0.153 e. The number of piperidine rings is 1. The molecule has 1 aromatic carbocycles. The predicted octanol–water partition coefficient (Wildman–Crippen LogP) is 2.46. The van der Waals surface area contributed by atoms with Crippen molar-refractivity contribution in [1.82, 2.24) is 0 Å². The number of benzene rings is 1. The summed E-state index contributed by atoms with van der Waals surface area (Å²) in [5.74, 6) is 1.01. The molecule has 21 heavy (non-hydrogen) atoms. The lowest BCUT2D eigenvalue weighted by molar-refractivity contribution is -0.146. The summed E-state index contributed by atoms with van der Waals surface area (Å²) in [6, 6.07) is 7.83. The van der Waals surface area contributed by atoms with Crippen LogP contribution in [-0.4, -0.2) is 31.8 Å². The third-order valence-electron chi connectivity index (χ3n) is 5.01. The summed E-state index contributed by atoms with van der Waals surface area (Å²) >= 11 is 0. The lowest BCUT2D eigenvalue weighted by atomic mass is 9.63. The Labute approximate surface area is 125 Å². The van der Waals surface area contributed by atoms with Crippen molar-refractivity contribution in [3.05, 3.63) is 24.3 Å². The maximum Gasteiger partial charge on any atom is 0.153 e. The first-order chi connectivity index (χ1) is 10.1. The van der Waals surface area contributed by atoms with E-state index in [-0.39, 0.29) is 17.5 Å². The lowest BCUT2D eigenvalue weighted by Gasteiger charge is -2.47. The molecule has 0 radical (unpaired) electrons. The average Bonchev–Trinajstić information content (AvgIpc) is 2.47. The van der Waals surface area contributed by atoms with Gasteiger partial charge in [-0.05, 0) is 44.0 Å². The van der Waals surface area contributed by atoms with Crippen molar-refractivity contribution >= 4 is 17.3 Å². The molecular formula is C17H21NO3. The van der Waals surface area contributed by atoms with Gasteiger partial charge in [-0.25, -0.2) is 0 Å². The van der Waals surface area contributed by atoms with Crippen LogP contribution in [0.5, 0.6) is 5.75 Å². The van der Waals surface area contributed by atoms with Gasteiger partial charge in [-0.2, -0.15) is 0 Å². The normalized spacial score (nSPS) is 28.4. The van der Waals surface area contributed by atoms with E-state index in [4.69, 9.17) is 4.74 Å². The number of carbonyl (C=O) groups excluding carboxylic acids is 2. The fourth-order valence-electron chi connectivity index (χ4n) is 3.73. The van der Waals surface area contributed by atoms with Crippen LogP contribution < -0.4 is 9.64 Å². The second kappa shape index (κ2) is 5.17. The number of rotatable bonds is 3. The van der Waals surface area contributed by atoms with Gasteiger partial charge in [-0.1, -0.05) is 6.42 Å². The molecule has 1 aliphatic heterocycles. The highest BCUT2D eigenvalue weighted by atomic mass is 16.5. The zero-order valence-corrected chi connectivity index (χ0v) is 12.6. The molecule has 112 valence electrons. The van der Waals surface area contributed by atoms with Gasteiger partial charge in [0, 0.05) is 24.7 Å².